The summed E-state index contributed by atoms with van der Waals surface area (Å²) in [6.45, 7) is 6.51. The van der Waals surface area contributed by atoms with E-state index in [1.807, 2.05) is 29.2 Å². The molecule has 0 saturated carbocycles. The summed E-state index contributed by atoms with van der Waals surface area (Å²) in [5, 5.41) is 2.62. The van der Waals surface area contributed by atoms with Gasteiger partial charge >= 0.3 is 12.2 Å². The van der Waals surface area contributed by atoms with Crippen LogP contribution in [0.15, 0.2) is 36.5 Å². The van der Waals surface area contributed by atoms with Gasteiger partial charge in [-0.3, -0.25) is 9.69 Å². The van der Waals surface area contributed by atoms with E-state index in [2.05, 4.69) is 5.32 Å². The number of carbonyl (C=O) groups is 3. The first-order valence-corrected chi connectivity index (χ1v) is 9.24. The molecule has 2 amide bonds. The molecule has 0 spiro atoms. The first-order valence-electron chi connectivity index (χ1n) is 9.24. The molecule has 8 nitrogen and oxygen atoms in total. The minimum Gasteiger partial charge on any atom is -0.444 e. The first kappa shape index (κ1) is 19.7. The van der Waals surface area contributed by atoms with Crippen molar-refractivity contribution in [1.29, 1.82) is 0 Å². The van der Waals surface area contributed by atoms with E-state index in [0.717, 1.165) is 5.69 Å². The number of alkyl carbamates (subject to hydrolysis) is 1. The Kier molecular flexibility index (Phi) is 5.58. The lowest BCUT2D eigenvalue weighted by atomic mass is 10.1. The van der Waals surface area contributed by atoms with E-state index in [4.69, 9.17) is 9.47 Å². The molecule has 0 aromatic heterocycles. The molecule has 8 heteroatoms. The molecule has 0 unspecified atom stereocenters. The molecule has 1 fully saturated rings. The predicted molar refractivity (Wildman–Crippen MR) is 104 cm³/mol. The summed E-state index contributed by atoms with van der Waals surface area (Å²) in [5.74, 6) is 0.124. The number of carbonyl (C=O) groups excluding carboxylic acids is 3. The van der Waals surface area contributed by atoms with Crippen molar-refractivity contribution in [1.82, 2.24) is 5.32 Å². The molecular formula is C20H25N3O5. The summed E-state index contributed by atoms with van der Waals surface area (Å²) in [6.07, 6.45) is 2.38. The van der Waals surface area contributed by atoms with Gasteiger partial charge < -0.3 is 19.7 Å². The number of ketones is 1. The lowest BCUT2D eigenvalue weighted by Gasteiger charge is -2.23. The van der Waals surface area contributed by atoms with Crippen LogP contribution in [-0.2, 0) is 14.3 Å². The minimum absolute atomic E-state index is 0.124. The molecule has 0 radical (unpaired) electrons. The van der Waals surface area contributed by atoms with Crippen molar-refractivity contribution in [2.24, 2.45) is 0 Å². The molecule has 0 aliphatic carbocycles. The number of cyclic esters (lactones) is 1. The largest absolute Gasteiger partial charge is 0.444 e. The van der Waals surface area contributed by atoms with Gasteiger partial charge in [-0.15, -0.1) is 0 Å². The fourth-order valence-electron chi connectivity index (χ4n) is 2.95. The highest BCUT2D eigenvalue weighted by Crippen LogP contribution is 2.26. The molecule has 3 rings (SSSR count). The number of hydrogen-bond donors (Lipinski definition) is 1. The monoisotopic (exact) mass is 387 g/mol. The summed E-state index contributed by atoms with van der Waals surface area (Å²) >= 11 is 0. The second-order valence-corrected chi connectivity index (χ2v) is 7.74. The third-order valence-corrected chi connectivity index (χ3v) is 4.28. The van der Waals surface area contributed by atoms with E-state index in [-0.39, 0.29) is 12.3 Å². The fraction of sp³-hybridized carbons (Fsp3) is 0.450. The fourth-order valence-corrected chi connectivity index (χ4v) is 2.95. The van der Waals surface area contributed by atoms with Crippen LogP contribution in [0.2, 0.25) is 0 Å². The van der Waals surface area contributed by atoms with Gasteiger partial charge in [0.25, 0.3) is 0 Å². The maximum absolute atomic E-state index is 12.2. The van der Waals surface area contributed by atoms with Crippen molar-refractivity contribution >= 4 is 29.3 Å². The molecule has 0 bridgehead atoms. The molecule has 1 saturated heterocycles. The Balaban J connectivity index is 1.56. The summed E-state index contributed by atoms with van der Waals surface area (Å²) in [4.78, 5) is 38.7. The van der Waals surface area contributed by atoms with Gasteiger partial charge in [0.1, 0.15) is 11.7 Å². The van der Waals surface area contributed by atoms with Crippen LogP contribution in [-0.4, -0.2) is 49.3 Å². The molecule has 1 atom stereocenters. The molecule has 2 heterocycles. The molecule has 2 aliphatic heterocycles. The van der Waals surface area contributed by atoms with Crippen LogP contribution in [0.5, 0.6) is 0 Å². The molecule has 28 heavy (non-hydrogen) atoms. The zero-order chi connectivity index (χ0) is 20.3. The van der Waals surface area contributed by atoms with Crippen LogP contribution >= 0.6 is 0 Å². The lowest BCUT2D eigenvalue weighted by Crippen LogP contribution is -2.38. The smallest absolute Gasteiger partial charge is 0.414 e. The van der Waals surface area contributed by atoms with E-state index in [9.17, 15) is 14.4 Å². The summed E-state index contributed by atoms with van der Waals surface area (Å²) < 4.78 is 10.5. The molecule has 1 aromatic rings. The van der Waals surface area contributed by atoms with Crippen molar-refractivity contribution in [3.63, 3.8) is 0 Å². The number of anilines is 2. The topological polar surface area (TPSA) is 88.2 Å². The number of benzene rings is 1. The Morgan fingerprint density at radius 2 is 1.89 bits per heavy atom. The molecule has 2 aliphatic rings. The van der Waals surface area contributed by atoms with Gasteiger partial charge in [0.05, 0.1) is 13.1 Å². The number of allylic oxidation sites excluding steroid dienone is 1. The van der Waals surface area contributed by atoms with Gasteiger partial charge in [-0.1, -0.05) is 0 Å². The van der Waals surface area contributed by atoms with Crippen molar-refractivity contribution in [3.8, 4) is 0 Å². The van der Waals surface area contributed by atoms with Gasteiger partial charge in [-0.05, 0) is 51.1 Å². The Labute approximate surface area is 164 Å². The number of amides is 2. The lowest BCUT2D eigenvalue weighted by molar-refractivity contribution is -0.114. The SMILES string of the molecule is CC(C)(C)OC(=O)NC[C@H]1CN(c2ccc(N3C=CC(=O)CC3)cc2)C(=O)O1. The van der Waals surface area contributed by atoms with Crippen molar-refractivity contribution in [3.05, 3.63) is 36.5 Å². The molecule has 150 valence electrons. The average Bonchev–Trinajstić information content (AvgIpc) is 3.00. The maximum atomic E-state index is 12.2. The third kappa shape index (κ3) is 5.03. The quantitative estimate of drug-likeness (QED) is 0.855. The molecule has 1 aromatic carbocycles. The normalized spacial score (nSPS) is 19.6. The number of nitrogens with zero attached hydrogens (tertiary/aromatic N) is 2. The second kappa shape index (κ2) is 7.92. The van der Waals surface area contributed by atoms with Crippen LogP contribution in [0.4, 0.5) is 21.0 Å². The highest BCUT2D eigenvalue weighted by Gasteiger charge is 2.33. The minimum atomic E-state index is -0.582. The second-order valence-electron chi connectivity index (χ2n) is 7.74. The summed E-state index contributed by atoms with van der Waals surface area (Å²) in [6, 6.07) is 7.47. The molecular weight excluding hydrogens is 362 g/mol. The Morgan fingerprint density at radius 1 is 1.21 bits per heavy atom. The van der Waals surface area contributed by atoms with Gasteiger partial charge in [0.2, 0.25) is 0 Å². The van der Waals surface area contributed by atoms with Crippen LogP contribution in [0.1, 0.15) is 27.2 Å². The van der Waals surface area contributed by atoms with E-state index in [1.165, 1.54) is 4.90 Å². The Morgan fingerprint density at radius 3 is 2.50 bits per heavy atom. The maximum Gasteiger partial charge on any atom is 0.414 e. The Bertz CT molecular complexity index is 782. The number of ether oxygens (including phenoxy) is 2. The first-order chi connectivity index (χ1) is 13.2. The van der Waals surface area contributed by atoms with Gasteiger partial charge in [-0.25, -0.2) is 9.59 Å². The van der Waals surface area contributed by atoms with E-state index < -0.39 is 23.9 Å². The van der Waals surface area contributed by atoms with Crippen molar-refractivity contribution in [2.45, 2.75) is 38.9 Å². The van der Waals surface area contributed by atoms with Crippen LogP contribution < -0.4 is 15.1 Å². The van der Waals surface area contributed by atoms with E-state index in [0.29, 0.717) is 25.2 Å². The number of rotatable bonds is 4. The Hall–Kier alpha value is -3.03. The average molecular weight is 387 g/mol. The zero-order valence-corrected chi connectivity index (χ0v) is 16.3. The summed E-state index contributed by atoms with van der Waals surface area (Å²) in [7, 11) is 0. The zero-order valence-electron chi connectivity index (χ0n) is 16.3. The summed E-state index contributed by atoms with van der Waals surface area (Å²) in [5.41, 5.74) is 1.08. The van der Waals surface area contributed by atoms with Crippen LogP contribution in [0.3, 0.4) is 0 Å². The predicted octanol–water partition coefficient (Wildman–Crippen LogP) is 2.83. The van der Waals surface area contributed by atoms with Gasteiger partial charge in [0.15, 0.2) is 5.78 Å². The van der Waals surface area contributed by atoms with Crippen LogP contribution in [0.25, 0.3) is 0 Å². The van der Waals surface area contributed by atoms with E-state index >= 15 is 0 Å². The van der Waals surface area contributed by atoms with Gasteiger partial charge in [-0.2, -0.15) is 0 Å². The van der Waals surface area contributed by atoms with Crippen LogP contribution in [0, 0.1) is 0 Å². The number of nitrogens with one attached hydrogen (secondary N) is 1. The number of hydrogen-bond acceptors (Lipinski definition) is 6. The highest BCUT2D eigenvalue weighted by molar-refractivity contribution is 5.92. The standard InChI is InChI=1S/C20H25N3O5/c1-20(2,3)28-18(25)21-12-17-13-23(19(26)27-17)15-6-4-14(5-7-15)22-10-8-16(24)9-11-22/h4-8,10,17H,9,11-13H2,1-3H3,(H,21,25)/t17-/m0/s1. The van der Waals surface area contributed by atoms with Crippen molar-refractivity contribution in [2.75, 3.05) is 29.4 Å². The highest BCUT2D eigenvalue weighted by atomic mass is 16.6. The van der Waals surface area contributed by atoms with Gasteiger partial charge in [0, 0.05) is 30.5 Å². The van der Waals surface area contributed by atoms with E-state index in [1.54, 1.807) is 33.0 Å². The third-order valence-electron chi connectivity index (χ3n) is 4.28. The van der Waals surface area contributed by atoms with Crippen molar-refractivity contribution < 1.29 is 23.9 Å². The molecule has 1 N–H and O–H groups in total.